The van der Waals surface area contributed by atoms with Gasteiger partial charge in [0, 0.05) is 26.3 Å². The second-order valence-electron chi connectivity index (χ2n) is 5.48. The summed E-state index contributed by atoms with van der Waals surface area (Å²) in [5.41, 5.74) is 1.52. The Bertz CT molecular complexity index is 768. The highest BCUT2D eigenvalue weighted by Crippen LogP contribution is 2.21. The number of amides is 1. The molecule has 0 aliphatic heterocycles. The molecular weight excluding hydrogens is 330 g/mol. The van der Waals surface area contributed by atoms with Crippen LogP contribution in [0.3, 0.4) is 0 Å². The minimum Gasteiger partial charge on any atom is -0.459 e. The summed E-state index contributed by atoms with van der Waals surface area (Å²) in [4.78, 5) is 13.7. The van der Waals surface area contributed by atoms with Crippen molar-refractivity contribution in [1.29, 1.82) is 0 Å². The second kappa shape index (κ2) is 7.39. The Hall–Kier alpha value is -2.48. The monoisotopic (exact) mass is 351 g/mol. The van der Waals surface area contributed by atoms with E-state index in [2.05, 4.69) is 5.32 Å². The van der Waals surface area contributed by atoms with Gasteiger partial charge in [-0.1, -0.05) is 0 Å². The lowest BCUT2D eigenvalue weighted by atomic mass is 10.2. The second-order valence-corrected chi connectivity index (χ2v) is 7.39. The van der Waals surface area contributed by atoms with Gasteiger partial charge in [0.25, 0.3) is 5.91 Å². The van der Waals surface area contributed by atoms with E-state index in [1.807, 2.05) is 31.1 Å². The number of hydrogen-bond donors (Lipinski definition) is 1. The number of carbonyl (C=O) groups excluding carboxylic acids is 1. The van der Waals surface area contributed by atoms with E-state index < -0.39 is 10.0 Å². The molecule has 0 bridgehead atoms. The van der Waals surface area contributed by atoms with Gasteiger partial charge in [0.1, 0.15) is 0 Å². The zero-order chi connectivity index (χ0) is 17.7. The number of nitrogens with one attached hydrogen (secondary N) is 1. The number of furan rings is 1. The SMILES string of the molecule is CN(C)c1ccc(N(CCNC(=O)c2ccco2)S(C)(=O)=O)cc1. The van der Waals surface area contributed by atoms with Crippen LogP contribution >= 0.6 is 0 Å². The fourth-order valence-electron chi connectivity index (χ4n) is 2.17. The Morgan fingerprint density at radius 1 is 1.12 bits per heavy atom. The number of rotatable bonds is 7. The van der Waals surface area contributed by atoms with Gasteiger partial charge in [0.15, 0.2) is 5.76 Å². The first-order chi connectivity index (χ1) is 11.3. The van der Waals surface area contributed by atoms with Crippen LogP contribution in [0.1, 0.15) is 10.6 Å². The predicted octanol–water partition coefficient (Wildman–Crippen LogP) is 1.54. The third kappa shape index (κ3) is 4.51. The number of hydrogen-bond acceptors (Lipinski definition) is 5. The van der Waals surface area contributed by atoms with E-state index in [0.29, 0.717) is 5.69 Å². The first-order valence-electron chi connectivity index (χ1n) is 7.36. The molecule has 24 heavy (non-hydrogen) atoms. The van der Waals surface area contributed by atoms with Crippen molar-refractivity contribution in [2.24, 2.45) is 0 Å². The van der Waals surface area contributed by atoms with Crippen molar-refractivity contribution in [2.75, 3.05) is 42.6 Å². The van der Waals surface area contributed by atoms with E-state index in [-0.39, 0.29) is 24.8 Å². The van der Waals surface area contributed by atoms with Crippen molar-refractivity contribution in [2.45, 2.75) is 0 Å². The van der Waals surface area contributed by atoms with Crippen LogP contribution in [0, 0.1) is 0 Å². The van der Waals surface area contributed by atoms with Gasteiger partial charge >= 0.3 is 0 Å². The minimum absolute atomic E-state index is 0.132. The van der Waals surface area contributed by atoms with Gasteiger partial charge in [-0.3, -0.25) is 9.10 Å². The van der Waals surface area contributed by atoms with Crippen molar-refractivity contribution < 1.29 is 17.6 Å². The highest BCUT2D eigenvalue weighted by atomic mass is 32.2. The maximum absolute atomic E-state index is 12.0. The van der Waals surface area contributed by atoms with Gasteiger partial charge in [-0.25, -0.2) is 8.42 Å². The average Bonchev–Trinajstić information content (AvgIpc) is 3.04. The average molecular weight is 351 g/mol. The molecule has 1 aromatic carbocycles. The van der Waals surface area contributed by atoms with Gasteiger partial charge in [0.2, 0.25) is 10.0 Å². The molecule has 0 radical (unpaired) electrons. The predicted molar refractivity (Wildman–Crippen MR) is 94.0 cm³/mol. The summed E-state index contributed by atoms with van der Waals surface area (Å²) in [7, 11) is 0.363. The molecule has 0 aliphatic carbocycles. The van der Waals surface area contributed by atoms with Gasteiger partial charge in [-0.15, -0.1) is 0 Å². The zero-order valence-corrected chi connectivity index (χ0v) is 14.7. The fourth-order valence-corrected chi connectivity index (χ4v) is 3.10. The van der Waals surface area contributed by atoms with Crippen molar-refractivity contribution in [1.82, 2.24) is 5.32 Å². The van der Waals surface area contributed by atoms with Crippen molar-refractivity contribution >= 4 is 27.3 Å². The van der Waals surface area contributed by atoms with Gasteiger partial charge in [0.05, 0.1) is 24.8 Å². The smallest absolute Gasteiger partial charge is 0.287 e. The summed E-state index contributed by atoms with van der Waals surface area (Å²) >= 11 is 0. The fraction of sp³-hybridized carbons (Fsp3) is 0.312. The van der Waals surface area contributed by atoms with Crippen molar-refractivity contribution in [3.05, 3.63) is 48.4 Å². The summed E-state index contributed by atoms with van der Waals surface area (Å²) in [6.07, 6.45) is 2.55. The third-order valence-corrected chi connectivity index (χ3v) is 4.59. The van der Waals surface area contributed by atoms with Crippen LogP contribution in [-0.4, -0.2) is 47.8 Å². The molecule has 0 spiro atoms. The summed E-state index contributed by atoms with van der Waals surface area (Å²) in [5.74, 6) is -0.187. The Morgan fingerprint density at radius 2 is 1.75 bits per heavy atom. The van der Waals surface area contributed by atoms with E-state index in [1.165, 1.54) is 10.6 Å². The highest BCUT2D eigenvalue weighted by Gasteiger charge is 2.18. The van der Waals surface area contributed by atoms with E-state index in [4.69, 9.17) is 4.42 Å². The lowest BCUT2D eigenvalue weighted by molar-refractivity contribution is 0.0927. The number of benzene rings is 1. The quantitative estimate of drug-likeness (QED) is 0.818. The molecule has 1 heterocycles. The number of carbonyl (C=O) groups is 1. The lowest BCUT2D eigenvalue weighted by Crippen LogP contribution is -2.38. The maximum Gasteiger partial charge on any atom is 0.287 e. The van der Waals surface area contributed by atoms with Gasteiger partial charge < -0.3 is 14.6 Å². The number of nitrogens with zero attached hydrogens (tertiary/aromatic N) is 2. The normalized spacial score (nSPS) is 11.1. The molecule has 8 heteroatoms. The van der Waals surface area contributed by atoms with Crippen LogP contribution in [0.15, 0.2) is 47.1 Å². The van der Waals surface area contributed by atoms with Crippen LogP contribution in [0.25, 0.3) is 0 Å². The first-order valence-corrected chi connectivity index (χ1v) is 9.20. The number of anilines is 2. The van der Waals surface area contributed by atoms with Crippen LogP contribution in [0.2, 0.25) is 0 Å². The topological polar surface area (TPSA) is 82.9 Å². The molecule has 0 aliphatic rings. The molecule has 1 N–H and O–H groups in total. The molecule has 0 saturated heterocycles. The van der Waals surface area contributed by atoms with E-state index in [1.54, 1.807) is 24.3 Å². The lowest BCUT2D eigenvalue weighted by Gasteiger charge is -2.23. The molecule has 1 aromatic heterocycles. The van der Waals surface area contributed by atoms with Crippen LogP contribution in [0.5, 0.6) is 0 Å². The van der Waals surface area contributed by atoms with E-state index >= 15 is 0 Å². The molecule has 2 rings (SSSR count). The van der Waals surface area contributed by atoms with Crippen molar-refractivity contribution in [3.8, 4) is 0 Å². The largest absolute Gasteiger partial charge is 0.459 e. The van der Waals surface area contributed by atoms with Crippen molar-refractivity contribution in [3.63, 3.8) is 0 Å². The standard InChI is InChI=1S/C16H21N3O4S/c1-18(2)13-6-8-14(9-7-13)19(24(3,21)22)11-10-17-16(20)15-5-4-12-23-15/h4-9,12H,10-11H2,1-3H3,(H,17,20). The highest BCUT2D eigenvalue weighted by molar-refractivity contribution is 7.92. The van der Waals surface area contributed by atoms with E-state index in [9.17, 15) is 13.2 Å². The molecule has 0 fully saturated rings. The first kappa shape index (κ1) is 17.9. The molecular formula is C16H21N3O4S. The Labute approximate surface area is 141 Å². The maximum atomic E-state index is 12.0. The van der Waals surface area contributed by atoms with Crippen LogP contribution < -0.4 is 14.5 Å². The molecule has 0 unspecified atom stereocenters. The van der Waals surface area contributed by atoms with Crippen LogP contribution in [-0.2, 0) is 10.0 Å². The van der Waals surface area contributed by atoms with Crippen LogP contribution in [0.4, 0.5) is 11.4 Å². The summed E-state index contributed by atoms with van der Waals surface area (Å²) in [6, 6.07) is 10.3. The summed E-state index contributed by atoms with van der Waals surface area (Å²) < 4.78 is 30.3. The third-order valence-electron chi connectivity index (χ3n) is 3.40. The van der Waals surface area contributed by atoms with Gasteiger partial charge in [-0.05, 0) is 36.4 Å². The molecule has 130 valence electrons. The minimum atomic E-state index is -3.46. The molecule has 0 atom stereocenters. The molecule has 0 saturated carbocycles. The molecule has 7 nitrogen and oxygen atoms in total. The van der Waals surface area contributed by atoms with E-state index in [0.717, 1.165) is 11.9 Å². The summed E-state index contributed by atoms with van der Waals surface area (Å²) in [5, 5.41) is 2.64. The molecule has 2 aromatic rings. The Kier molecular flexibility index (Phi) is 5.50. The van der Waals surface area contributed by atoms with Gasteiger partial charge in [-0.2, -0.15) is 0 Å². The number of sulfonamides is 1. The Balaban J connectivity index is 2.05. The zero-order valence-electron chi connectivity index (χ0n) is 13.9. The molecule has 1 amide bonds. The Morgan fingerprint density at radius 3 is 2.25 bits per heavy atom. The summed E-state index contributed by atoms with van der Waals surface area (Å²) in [6.45, 7) is 0.300.